The molecule has 0 fully saturated rings. The van der Waals surface area contributed by atoms with Crippen molar-refractivity contribution in [2.24, 2.45) is 0 Å². The first-order chi connectivity index (χ1) is 11.8. The Kier molecular flexibility index (Phi) is 5.62. The van der Waals surface area contributed by atoms with Gasteiger partial charge in [0.15, 0.2) is 0 Å². The number of amides is 1. The summed E-state index contributed by atoms with van der Waals surface area (Å²) in [6.45, 7) is 3.05. The van der Waals surface area contributed by atoms with E-state index in [1.807, 2.05) is 46.2 Å². The maximum Gasteiger partial charge on any atom is 0.237 e. The largest absolute Gasteiger partial charge is 0.395 e. The van der Waals surface area contributed by atoms with Crippen LogP contribution in [0.5, 0.6) is 0 Å². The molecular formula is C20H24N2O2. The molecule has 126 valence electrons. The molecule has 0 radical (unpaired) electrons. The number of aliphatic hydroxyl groups is 1. The fraction of sp³-hybridized carbons (Fsp3) is 0.350. The molecular weight excluding hydrogens is 300 g/mol. The Labute approximate surface area is 143 Å². The quantitative estimate of drug-likeness (QED) is 0.885. The normalized spacial score (nSPS) is 13.8. The van der Waals surface area contributed by atoms with Gasteiger partial charge in [-0.05, 0) is 23.1 Å². The monoisotopic (exact) mass is 324 g/mol. The number of nitrogens with zero attached hydrogens (tertiary/aromatic N) is 2. The van der Waals surface area contributed by atoms with Crippen molar-refractivity contribution in [2.75, 3.05) is 26.2 Å². The third kappa shape index (κ3) is 4.22. The minimum atomic E-state index is 0.0585. The maximum absolute atomic E-state index is 12.7. The van der Waals surface area contributed by atoms with E-state index in [-0.39, 0.29) is 12.5 Å². The van der Waals surface area contributed by atoms with Crippen molar-refractivity contribution in [1.29, 1.82) is 0 Å². The molecule has 0 saturated heterocycles. The molecule has 4 heteroatoms. The van der Waals surface area contributed by atoms with E-state index in [0.717, 1.165) is 18.5 Å². The molecule has 0 unspecified atom stereocenters. The Balaban J connectivity index is 1.61. The first kappa shape index (κ1) is 16.7. The Morgan fingerprint density at radius 1 is 1.04 bits per heavy atom. The Morgan fingerprint density at radius 2 is 1.75 bits per heavy atom. The first-order valence-electron chi connectivity index (χ1n) is 8.48. The van der Waals surface area contributed by atoms with Crippen LogP contribution in [-0.2, 0) is 24.3 Å². The van der Waals surface area contributed by atoms with Gasteiger partial charge < -0.3 is 10.0 Å². The van der Waals surface area contributed by atoms with Gasteiger partial charge in [0.1, 0.15) is 0 Å². The predicted octanol–water partition coefficient (Wildman–Crippen LogP) is 2.07. The molecule has 1 heterocycles. The molecule has 0 saturated carbocycles. The van der Waals surface area contributed by atoms with Crippen LogP contribution >= 0.6 is 0 Å². The minimum absolute atomic E-state index is 0.0585. The van der Waals surface area contributed by atoms with Gasteiger partial charge in [0.2, 0.25) is 5.91 Å². The average Bonchev–Trinajstić information content (AvgIpc) is 2.62. The molecule has 2 aromatic rings. The van der Waals surface area contributed by atoms with Crippen LogP contribution in [0.3, 0.4) is 0 Å². The number of hydrogen-bond acceptors (Lipinski definition) is 3. The van der Waals surface area contributed by atoms with E-state index in [9.17, 15) is 9.90 Å². The van der Waals surface area contributed by atoms with Crippen LogP contribution in [-0.4, -0.2) is 47.1 Å². The van der Waals surface area contributed by atoms with Crippen LogP contribution in [0.25, 0.3) is 0 Å². The zero-order valence-electron chi connectivity index (χ0n) is 13.9. The lowest BCUT2D eigenvalue weighted by Gasteiger charge is -2.31. The highest BCUT2D eigenvalue weighted by Crippen LogP contribution is 2.18. The molecule has 1 N–H and O–H groups in total. The summed E-state index contributed by atoms with van der Waals surface area (Å²) in [5.74, 6) is 0.133. The van der Waals surface area contributed by atoms with Gasteiger partial charge in [-0.25, -0.2) is 0 Å². The molecule has 0 atom stereocenters. The molecule has 1 amide bonds. The van der Waals surface area contributed by atoms with E-state index in [2.05, 4.69) is 18.2 Å². The number of carbonyl (C=O) groups is 1. The second-order valence-electron chi connectivity index (χ2n) is 6.25. The van der Waals surface area contributed by atoms with Gasteiger partial charge in [-0.3, -0.25) is 9.69 Å². The second kappa shape index (κ2) is 8.08. The SMILES string of the molecule is O=C(CN(CCO)Cc1ccccc1)N1CCc2ccccc2C1. The number of aliphatic hydroxyl groups excluding tert-OH is 1. The van der Waals surface area contributed by atoms with Gasteiger partial charge in [-0.2, -0.15) is 0 Å². The smallest absolute Gasteiger partial charge is 0.237 e. The standard InChI is InChI=1S/C20H24N2O2/c23-13-12-21(14-17-6-2-1-3-7-17)16-20(24)22-11-10-18-8-4-5-9-19(18)15-22/h1-9,23H,10-16H2. The number of carbonyl (C=O) groups excluding carboxylic acids is 1. The molecule has 0 spiro atoms. The molecule has 3 rings (SSSR count). The van der Waals surface area contributed by atoms with Crippen LogP contribution in [0, 0.1) is 0 Å². The zero-order valence-corrected chi connectivity index (χ0v) is 13.9. The van der Waals surface area contributed by atoms with Gasteiger partial charge in [-0.1, -0.05) is 54.6 Å². The Morgan fingerprint density at radius 3 is 2.50 bits per heavy atom. The van der Waals surface area contributed by atoms with Crippen LogP contribution in [0.4, 0.5) is 0 Å². The summed E-state index contributed by atoms with van der Waals surface area (Å²) >= 11 is 0. The summed E-state index contributed by atoms with van der Waals surface area (Å²) in [7, 11) is 0. The summed E-state index contributed by atoms with van der Waals surface area (Å²) in [4.78, 5) is 16.6. The van der Waals surface area contributed by atoms with Crippen LogP contribution in [0.15, 0.2) is 54.6 Å². The van der Waals surface area contributed by atoms with E-state index in [1.54, 1.807) is 0 Å². The first-order valence-corrected chi connectivity index (χ1v) is 8.48. The highest BCUT2D eigenvalue weighted by atomic mass is 16.3. The molecule has 24 heavy (non-hydrogen) atoms. The van der Waals surface area contributed by atoms with Crippen molar-refractivity contribution < 1.29 is 9.90 Å². The van der Waals surface area contributed by atoms with Crippen molar-refractivity contribution in [3.8, 4) is 0 Å². The lowest BCUT2D eigenvalue weighted by molar-refractivity contribution is -0.133. The lowest BCUT2D eigenvalue weighted by Crippen LogP contribution is -2.43. The molecule has 1 aliphatic heterocycles. The fourth-order valence-corrected chi connectivity index (χ4v) is 3.20. The third-order valence-corrected chi connectivity index (χ3v) is 4.51. The summed E-state index contributed by atoms with van der Waals surface area (Å²) in [6, 6.07) is 18.4. The van der Waals surface area contributed by atoms with E-state index >= 15 is 0 Å². The minimum Gasteiger partial charge on any atom is -0.395 e. The average molecular weight is 324 g/mol. The van der Waals surface area contributed by atoms with Crippen molar-refractivity contribution in [3.63, 3.8) is 0 Å². The highest BCUT2D eigenvalue weighted by Gasteiger charge is 2.22. The van der Waals surface area contributed by atoms with E-state index in [4.69, 9.17) is 0 Å². The molecule has 0 bridgehead atoms. The van der Waals surface area contributed by atoms with Crippen molar-refractivity contribution >= 4 is 5.91 Å². The zero-order chi connectivity index (χ0) is 16.8. The van der Waals surface area contributed by atoms with Crippen LogP contribution in [0.2, 0.25) is 0 Å². The van der Waals surface area contributed by atoms with E-state index in [0.29, 0.717) is 26.2 Å². The second-order valence-corrected chi connectivity index (χ2v) is 6.25. The van der Waals surface area contributed by atoms with Crippen molar-refractivity contribution in [1.82, 2.24) is 9.80 Å². The van der Waals surface area contributed by atoms with E-state index in [1.165, 1.54) is 11.1 Å². The molecule has 0 aliphatic carbocycles. The van der Waals surface area contributed by atoms with Gasteiger partial charge >= 0.3 is 0 Å². The Bertz CT molecular complexity index is 672. The number of fused-ring (bicyclic) bond motifs is 1. The number of hydrogen-bond donors (Lipinski definition) is 1. The third-order valence-electron chi connectivity index (χ3n) is 4.51. The van der Waals surface area contributed by atoms with Gasteiger partial charge in [0, 0.05) is 26.2 Å². The Hall–Kier alpha value is -2.17. The summed E-state index contributed by atoms with van der Waals surface area (Å²) in [5, 5.41) is 9.30. The fourth-order valence-electron chi connectivity index (χ4n) is 3.20. The summed E-state index contributed by atoms with van der Waals surface area (Å²) in [5.41, 5.74) is 3.75. The van der Waals surface area contributed by atoms with Crippen molar-refractivity contribution in [3.05, 3.63) is 71.3 Å². The molecule has 4 nitrogen and oxygen atoms in total. The van der Waals surface area contributed by atoms with E-state index < -0.39 is 0 Å². The highest BCUT2D eigenvalue weighted by molar-refractivity contribution is 5.78. The predicted molar refractivity (Wildman–Crippen MR) is 94.4 cm³/mol. The molecule has 2 aromatic carbocycles. The van der Waals surface area contributed by atoms with Crippen molar-refractivity contribution in [2.45, 2.75) is 19.5 Å². The number of benzene rings is 2. The lowest BCUT2D eigenvalue weighted by atomic mass is 10.00. The summed E-state index contributed by atoms with van der Waals surface area (Å²) in [6.07, 6.45) is 0.917. The van der Waals surface area contributed by atoms with Crippen LogP contribution < -0.4 is 0 Å². The number of rotatable bonds is 6. The van der Waals surface area contributed by atoms with Gasteiger partial charge in [0.25, 0.3) is 0 Å². The topological polar surface area (TPSA) is 43.8 Å². The van der Waals surface area contributed by atoms with Gasteiger partial charge in [-0.15, -0.1) is 0 Å². The maximum atomic E-state index is 12.7. The van der Waals surface area contributed by atoms with Gasteiger partial charge in [0.05, 0.1) is 13.2 Å². The molecule has 1 aliphatic rings. The summed E-state index contributed by atoms with van der Waals surface area (Å²) < 4.78 is 0. The van der Waals surface area contributed by atoms with Crippen LogP contribution in [0.1, 0.15) is 16.7 Å². The molecule has 0 aromatic heterocycles.